The molecule has 6 heteroatoms. The molecule has 1 heterocycles. The highest BCUT2D eigenvalue weighted by Crippen LogP contribution is 2.24. The van der Waals surface area contributed by atoms with Gasteiger partial charge in [-0.25, -0.2) is 4.98 Å². The van der Waals surface area contributed by atoms with E-state index < -0.39 is 0 Å². The molecule has 5 nitrogen and oxygen atoms in total. The molecule has 0 aliphatic heterocycles. The average molecular weight is 372 g/mol. The molecule has 0 unspecified atom stereocenters. The highest BCUT2D eigenvalue weighted by molar-refractivity contribution is 7.13. The fourth-order valence-electron chi connectivity index (χ4n) is 3.28. The van der Waals surface area contributed by atoms with Gasteiger partial charge in [0.25, 0.3) is 5.91 Å². The van der Waals surface area contributed by atoms with Crippen LogP contribution in [0, 0.1) is 12.8 Å². The Morgan fingerprint density at radius 2 is 1.81 bits per heavy atom. The van der Waals surface area contributed by atoms with Crippen LogP contribution in [0.15, 0.2) is 30.3 Å². The van der Waals surface area contributed by atoms with Gasteiger partial charge in [0.15, 0.2) is 0 Å². The van der Waals surface area contributed by atoms with E-state index in [1.807, 2.05) is 25.1 Å². The summed E-state index contributed by atoms with van der Waals surface area (Å²) in [6.45, 7) is 2.76. The first-order valence-corrected chi connectivity index (χ1v) is 10.0. The van der Waals surface area contributed by atoms with E-state index in [-0.39, 0.29) is 17.7 Å². The van der Waals surface area contributed by atoms with Crippen LogP contribution in [0.1, 0.15) is 51.6 Å². The molecule has 138 valence electrons. The molecule has 1 aliphatic rings. The fraction of sp³-hybridized carbons (Fsp3) is 0.450. The maximum atomic E-state index is 12.4. The van der Waals surface area contributed by atoms with Gasteiger partial charge in [0.2, 0.25) is 5.91 Å². The zero-order valence-electron chi connectivity index (χ0n) is 15.1. The van der Waals surface area contributed by atoms with Gasteiger partial charge in [-0.05, 0) is 25.3 Å². The monoisotopic (exact) mass is 371 g/mol. The Kier molecular flexibility index (Phi) is 6.39. The molecule has 0 radical (unpaired) electrons. The van der Waals surface area contributed by atoms with Crippen molar-refractivity contribution in [2.24, 2.45) is 5.92 Å². The van der Waals surface area contributed by atoms with E-state index in [0.29, 0.717) is 18.0 Å². The smallest absolute Gasteiger partial charge is 0.263 e. The van der Waals surface area contributed by atoms with Crippen LogP contribution < -0.4 is 10.6 Å². The zero-order chi connectivity index (χ0) is 18.4. The molecule has 0 spiro atoms. The molecule has 2 aromatic rings. The first-order valence-electron chi connectivity index (χ1n) is 9.19. The summed E-state index contributed by atoms with van der Waals surface area (Å²) in [6.07, 6.45) is 5.00. The lowest BCUT2D eigenvalue weighted by molar-refractivity contribution is -0.124. The van der Waals surface area contributed by atoms with Crippen LogP contribution in [0.4, 0.5) is 0 Å². The first-order chi connectivity index (χ1) is 12.6. The Morgan fingerprint density at radius 1 is 1.12 bits per heavy atom. The Labute approximate surface area is 158 Å². The summed E-state index contributed by atoms with van der Waals surface area (Å²) in [6, 6.07) is 10.1. The molecular weight excluding hydrogens is 346 g/mol. The Hall–Kier alpha value is -2.21. The Bertz CT molecular complexity index is 752. The summed E-state index contributed by atoms with van der Waals surface area (Å²) < 4.78 is 0. The minimum Gasteiger partial charge on any atom is -0.354 e. The third kappa shape index (κ3) is 4.91. The predicted molar refractivity (Wildman–Crippen MR) is 103 cm³/mol. The zero-order valence-corrected chi connectivity index (χ0v) is 15.9. The van der Waals surface area contributed by atoms with E-state index in [9.17, 15) is 9.59 Å². The van der Waals surface area contributed by atoms with Gasteiger partial charge in [-0.1, -0.05) is 43.2 Å². The van der Waals surface area contributed by atoms with E-state index in [1.165, 1.54) is 16.9 Å². The van der Waals surface area contributed by atoms with E-state index in [1.54, 1.807) is 0 Å². The van der Waals surface area contributed by atoms with E-state index in [2.05, 4.69) is 27.8 Å². The molecule has 2 amide bonds. The minimum atomic E-state index is -0.116. The van der Waals surface area contributed by atoms with Gasteiger partial charge in [0, 0.05) is 25.4 Å². The van der Waals surface area contributed by atoms with Gasteiger partial charge in [0.1, 0.15) is 4.88 Å². The highest BCUT2D eigenvalue weighted by Gasteiger charge is 2.22. The lowest BCUT2D eigenvalue weighted by Crippen LogP contribution is -2.37. The molecule has 1 saturated carbocycles. The van der Waals surface area contributed by atoms with Crippen molar-refractivity contribution in [2.75, 3.05) is 13.1 Å². The number of carbonyl (C=O) groups excluding carboxylic acids is 2. The van der Waals surface area contributed by atoms with Crippen molar-refractivity contribution in [1.29, 1.82) is 0 Å². The lowest BCUT2D eigenvalue weighted by atomic mass is 10.1. The number of aromatic nitrogens is 1. The van der Waals surface area contributed by atoms with Crippen LogP contribution in [0.3, 0.4) is 0 Å². The van der Waals surface area contributed by atoms with Gasteiger partial charge >= 0.3 is 0 Å². The van der Waals surface area contributed by atoms with E-state index >= 15 is 0 Å². The topological polar surface area (TPSA) is 71.1 Å². The molecule has 1 aromatic carbocycles. The van der Waals surface area contributed by atoms with Crippen molar-refractivity contribution >= 4 is 23.2 Å². The molecule has 0 saturated heterocycles. The molecular formula is C20H25N3O2S. The standard InChI is InChI=1S/C20H25N3O2S/c1-14-18(26-17(23-14)13-15-7-3-2-4-8-15)20(25)22-12-11-21-19(24)16-9-5-6-10-16/h2-4,7-8,16H,5-6,9-13H2,1H3,(H,21,24)(H,22,25). The Morgan fingerprint density at radius 3 is 2.54 bits per heavy atom. The molecule has 0 atom stereocenters. The van der Waals surface area contributed by atoms with Crippen LogP contribution in [0.2, 0.25) is 0 Å². The summed E-state index contributed by atoms with van der Waals surface area (Å²) in [5, 5.41) is 6.74. The quantitative estimate of drug-likeness (QED) is 0.735. The second-order valence-electron chi connectivity index (χ2n) is 6.71. The number of rotatable bonds is 7. The molecule has 3 rings (SSSR count). The van der Waals surface area contributed by atoms with Gasteiger partial charge in [-0.15, -0.1) is 11.3 Å². The van der Waals surface area contributed by atoms with Crippen molar-refractivity contribution in [3.8, 4) is 0 Å². The van der Waals surface area contributed by atoms with Crippen LogP contribution >= 0.6 is 11.3 Å². The van der Waals surface area contributed by atoms with Gasteiger partial charge in [-0.3, -0.25) is 9.59 Å². The number of nitrogens with zero attached hydrogens (tertiary/aromatic N) is 1. The number of aryl methyl sites for hydroxylation is 1. The second kappa shape index (κ2) is 8.94. The molecule has 1 fully saturated rings. The van der Waals surface area contributed by atoms with Crippen molar-refractivity contribution in [1.82, 2.24) is 15.6 Å². The number of benzene rings is 1. The summed E-state index contributed by atoms with van der Waals surface area (Å²) >= 11 is 1.44. The number of carbonyl (C=O) groups is 2. The van der Waals surface area contributed by atoms with Crippen LogP contribution in [0.25, 0.3) is 0 Å². The van der Waals surface area contributed by atoms with Gasteiger partial charge < -0.3 is 10.6 Å². The molecule has 1 aromatic heterocycles. The normalized spacial score (nSPS) is 14.3. The summed E-state index contributed by atoms with van der Waals surface area (Å²) in [5.74, 6) is 0.167. The van der Waals surface area contributed by atoms with E-state index in [4.69, 9.17) is 0 Å². The van der Waals surface area contributed by atoms with Crippen molar-refractivity contribution in [2.45, 2.75) is 39.0 Å². The maximum Gasteiger partial charge on any atom is 0.263 e. The minimum absolute atomic E-state index is 0.116. The summed E-state index contributed by atoms with van der Waals surface area (Å²) in [4.78, 5) is 29.5. The number of hydrogen-bond acceptors (Lipinski definition) is 4. The third-order valence-electron chi connectivity index (χ3n) is 4.68. The Balaban J connectivity index is 1.46. The maximum absolute atomic E-state index is 12.4. The number of nitrogens with one attached hydrogen (secondary N) is 2. The van der Waals surface area contributed by atoms with Crippen molar-refractivity contribution in [3.63, 3.8) is 0 Å². The second-order valence-corrected chi connectivity index (χ2v) is 7.80. The van der Waals surface area contributed by atoms with Gasteiger partial charge in [-0.2, -0.15) is 0 Å². The average Bonchev–Trinajstić information content (AvgIpc) is 3.29. The van der Waals surface area contributed by atoms with Crippen LogP contribution in [-0.4, -0.2) is 29.9 Å². The van der Waals surface area contributed by atoms with Crippen LogP contribution in [-0.2, 0) is 11.2 Å². The third-order valence-corrected chi connectivity index (χ3v) is 5.84. The predicted octanol–water partition coefficient (Wildman–Crippen LogP) is 3.08. The molecule has 26 heavy (non-hydrogen) atoms. The number of hydrogen-bond donors (Lipinski definition) is 2. The molecule has 0 bridgehead atoms. The summed E-state index contributed by atoms with van der Waals surface area (Å²) in [5.41, 5.74) is 1.94. The molecule has 1 aliphatic carbocycles. The number of amides is 2. The number of thiazole rings is 1. The molecule has 2 N–H and O–H groups in total. The highest BCUT2D eigenvalue weighted by atomic mass is 32.1. The summed E-state index contributed by atoms with van der Waals surface area (Å²) in [7, 11) is 0. The lowest BCUT2D eigenvalue weighted by Gasteiger charge is -2.10. The van der Waals surface area contributed by atoms with Gasteiger partial charge in [0.05, 0.1) is 10.7 Å². The first kappa shape index (κ1) is 18.6. The van der Waals surface area contributed by atoms with E-state index in [0.717, 1.165) is 42.8 Å². The SMILES string of the molecule is Cc1nc(Cc2ccccc2)sc1C(=O)NCCNC(=O)C1CCCC1. The largest absolute Gasteiger partial charge is 0.354 e. The fourth-order valence-corrected chi connectivity index (χ4v) is 4.30. The van der Waals surface area contributed by atoms with Crippen LogP contribution in [0.5, 0.6) is 0 Å². The van der Waals surface area contributed by atoms with Crippen molar-refractivity contribution in [3.05, 3.63) is 51.5 Å². The van der Waals surface area contributed by atoms with Crippen molar-refractivity contribution < 1.29 is 9.59 Å².